The second-order valence-electron chi connectivity index (χ2n) is 4.51. The van der Waals surface area contributed by atoms with Gasteiger partial charge in [-0.3, -0.25) is 0 Å². The van der Waals surface area contributed by atoms with Crippen LogP contribution in [0.15, 0.2) is 60.7 Å². The van der Waals surface area contributed by atoms with E-state index in [1.807, 2.05) is 0 Å². The van der Waals surface area contributed by atoms with Crippen molar-refractivity contribution in [3.05, 3.63) is 71.8 Å². The van der Waals surface area contributed by atoms with Gasteiger partial charge >= 0.3 is 11.2 Å². The molecule has 2 rings (SSSR count). The van der Waals surface area contributed by atoms with Crippen LogP contribution in [0.4, 0.5) is 8.78 Å². The third-order valence-electron chi connectivity index (χ3n) is 2.90. The van der Waals surface area contributed by atoms with Crippen molar-refractivity contribution < 1.29 is 32.6 Å². The Morgan fingerprint density at radius 3 is 1.96 bits per heavy atom. The van der Waals surface area contributed by atoms with Gasteiger partial charge in [0, 0.05) is 0 Å². The zero-order chi connectivity index (χ0) is 17.4. The van der Waals surface area contributed by atoms with Crippen molar-refractivity contribution in [3.63, 3.8) is 0 Å². The average molecular weight is 356 g/mol. The second-order valence-corrected chi connectivity index (χ2v) is 5.33. The van der Waals surface area contributed by atoms with E-state index in [9.17, 15) is 13.6 Å². The van der Waals surface area contributed by atoms with Crippen molar-refractivity contribution in [1.29, 1.82) is 0 Å². The predicted molar refractivity (Wildman–Crippen MR) is 82.5 cm³/mol. The Hall–Kier alpha value is -2.00. The van der Waals surface area contributed by atoms with Crippen LogP contribution in [-0.4, -0.2) is 18.3 Å². The maximum Gasteiger partial charge on any atom is 0.415 e. The summed E-state index contributed by atoms with van der Waals surface area (Å²) in [6.45, 7) is 0. The molecule has 128 valence electrons. The predicted octanol–water partition coefficient (Wildman–Crippen LogP) is 4.07. The van der Waals surface area contributed by atoms with Gasteiger partial charge in [-0.2, -0.15) is 8.78 Å². The number of carbonyl (C=O) groups is 1. The number of ether oxygens (including phenoxy) is 1. The van der Waals surface area contributed by atoms with Gasteiger partial charge in [0.25, 0.3) is 0 Å². The number of carbonyl (C=O) groups excluding carboxylic acids is 1. The molecule has 0 fully saturated rings. The first-order chi connectivity index (χ1) is 11.5. The Labute approximate surface area is 141 Å². The third-order valence-corrected chi connectivity index (χ3v) is 3.40. The zero-order valence-corrected chi connectivity index (χ0v) is 13.4. The van der Waals surface area contributed by atoms with Crippen LogP contribution >= 0.6 is 12.0 Å². The maximum atomic E-state index is 13.8. The van der Waals surface area contributed by atoms with Crippen LogP contribution in [0, 0.1) is 0 Å². The number of rotatable bonds is 8. The number of alkyl halides is 2. The van der Waals surface area contributed by atoms with Crippen LogP contribution in [0.1, 0.15) is 17.2 Å². The van der Waals surface area contributed by atoms with Gasteiger partial charge in [-0.25, -0.2) is 9.68 Å². The van der Waals surface area contributed by atoms with Crippen molar-refractivity contribution in [3.8, 4) is 0 Å². The van der Waals surface area contributed by atoms with Gasteiger partial charge in [-0.15, -0.1) is 4.33 Å². The number of esters is 1. The molecule has 0 saturated heterocycles. The van der Waals surface area contributed by atoms with Crippen molar-refractivity contribution >= 4 is 18.0 Å². The molecule has 0 aromatic heterocycles. The van der Waals surface area contributed by atoms with Gasteiger partial charge in [-0.1, -0.05) is 65.7 Å². The van der Waals surface area contributed by atoms with Gasteiger partial charge in [0.05, 0.1) is 7.11 Å². The van der Waals surface area contributed by atoms with Crippen LogP contribution in [0.3, 0.4) is 0 Å². The molecule has 5 nitrogen and oxygen atoms in total. The monoisotopic (exact) mass is 356 g/mol. The van der Waals surface area contributed by atoms with E-state index in [1.165, 1.54) is 0 Å². The highest BCUT2D eigenvalue weighted by molar-refractivity contribution is 7.96. The lowest BCUT2D eigenvalue weighted by Gasteiger charge is -2.21. The summed E-state index contributed by atoms with van der Waals surface area (Å²) in [6, 6.07) is 17.2. The normalized spacial score (nSPS) is 11.5. The molecular weight excluding hydrogens is 342 g/mol. The van der Waals surface area contributed by atoms with E-state index in [-0.39, 0.29) is 0 Å². The van der Waals surface area contributed by atoms with E-state index < -0.39 is 29.4 Å². The summed E-state index contributed by atoms with van der Waals surface area (Å²) in [6.07, 6.45) is -0.977. The highest BCUT2D eigenvalue weighted by Crippen LogP contribution is 2.35. The molecule has 8 heteroatoms. The van der Waals surface area contributed by atoms with Crippen molar-refractivity contribution in [2.75, 3.05) is 7.11 Å². The number of halogens is 2. The minimum absolute atomic E-state index is 0.511. The van der Waals surface area contributed by atoms with E-state index in [2.05, 4.69) is 14.3 Å². The quantitative estimate of drug-likeness (QED) is 0.234. The van der Waals surface area contributed by atoms with E-state index in [4.69, 9.17) is 4.74 Å². The van der Waals surface area contributed by atoms with Crippen molar-refractivity contribution in [1.82, 2.24) is 0 Å². The number of hydrogen-bond donors (Lipinski definition) is 0. The highest BCUT2D eigenvalue weighted by Gasteiger charge is 2.45. The molecule has 0 radical (unpaired) electrons. The minimum Gasteiger partial charge on any atom is -0.447 e. The van der Waals surface area contributed by atoms with Gasteiger partial charge in [0.1, 0.15) is 12.0 Å². The zero-order valence-electron chi connectivity index (χ0n) is 12.6. The van der Waals surface area contributed by atoms with Crippen LogP contribution in [0.25, 0.3) is 0 Å². The largest absolute Gasteiger partial charge is 0.447 e. The first kappa shape index (κ1) is 18.3. The van der Waals surface area contributed by atoms with E-state index in [0.29, 0.717) is 11.1 Å². The third kappa shape index (κ3) is 5.00. The molecule has 0 atom stereocenters. The lowest BCUT2D eigenvalue weighted by Crippen LogP contribution is -2.29. The first-order valence-corrected chi connectivity index (χ1v) is 7.52. The number of benzene rings is 2. The molecular formula is C16H14F2O5S. The van der Waals surface area contributed by atoms with Crippen molar-refractivity contribution in [2.24, 2.45) is 0 Å². The molecule has 0 unspecified atom stereocenters. The van der Waals surface area contributed by atoms with Gasteiger partial charge in [0.15, 0.2) is 6.10 Å². The summed E-state index contributed by atoms with van der Waals surface area (Å²) in [4.78, 5) is 15.9. The van der Waals surface area contributed by atoms with Gasteiger partial charge < -0.3 is 4.74 Å². The molecule has 24 heavy (non-hydrogen) atoms. The smallest absolute Gasteiger partial charge is 0.415 e. The van der Waals surface area contributed by atoms with E-state index in [1.54, 1.807) is 60.7 Å². The van der Waals surface area contributed by atoms with Crippen LogP contribution in [0.2, 0.25) is 0 Å². The summed E-state index contributed by atoms with van der Waals surface area (Å²) in [7, 11) is 1.07. The van der Waals surface area contributed by atoms with E-state index in [0.717, 1.165) is 7.11 Å². The molecule has 0 N–H and O–H groups in total. The summed E-state index contributed by atoms with van der Waals surface area (Å²) >= 11 is -0.511. The maximum absolute atomic E-state index is 13.8. The fourth-order valence-electron chi connectivity index (χ4n) is 1.88. The summed E-state index contributed by atoms with van der Waals surface area (Å²) in [5.74, 6) is -1.76. The molecule has 2 aromatic rings. The average Bonchev–Trinajstić information content (AvgIpc) is 2.61. The van der Waals surface area contributed by atoms with Gasteiger partial charge in [-0.05, 0) is 11.1 Å². The molecule has 0 aliphatic heterocycles. The Morgan fingerprint density at radius 1 is 1.00 bits per heavy atom. The van der Waals surface area contributed by atoms with Crippen LogP contribution < -0.4 is 0 Å². The Balaban J connectivity index is 2.18. The molecule has 0 aliphatic carbocycles. The lowest BCUT2D eigenvalue weighted by atomic mass is 10.0. The van der Waals surface area contributed by atoms with Gasteiger partial charge in [0.2, 0.25) is 0 Å². The summed E-state index contributed by atoms with van der Waals surface area (Å²) in [5.41, 5.74) is 1.12. The highest BCUT2D eigenvalue weighted by atomic mass is 32.2. The fourth-order valence-corrected chi connectivity index (χ4v) is 2.16. The Morgan fingerprint density at radius 2 is 1.50 bits per heavy atom. The Kier molecular flexibility index (Phi) is 6.68. The first-order valence-electron chi connectivity index (χ1n) is 6.78. The molecule has 0 saturated carbocycles. The topological polar surface area (TPSA) is 54.0 Å². The van der Waals surface area contributed by atoms with Crippen LogP contribution in [-0.2, 0) is 23.8 Å². The SMILES string of the molecule is COOOSC(F)(F)C(=O)OC(c1ccccc1)c1ccccc1. The lowest BCUT2D eigenvalue weighted by molar-refractivity contribution is -0.448. The molecule has 0 aliphatic rings. The summed E-state index contributed by atoms with van der Waals surface area (Å²) in [5, 5.41) is -0.103. The number of hydrogen-bond acceptors (Lipinski definition) is 6. The molecule has 2 aromatic carbocycles. The van der Waals surface area contributed by atoms with Crippen molar-refractivity contribution in [2.45, 2.75) is 11.4 Å². The standard InChI is InChI=1S/C16H14F2O5S/c1-20-22-23-24-16(17,18)15(19)21-14(12-8-4-2-5-9-12)13-10-6-3-7-11-13/h2-11,14H,1H3. The molecule has 0 amide bonds. The minimum atomic E-state index is -3.97. The van der Waals surface area contributed by atoms with Crippen LogP contribution in [0.5, 0.6) is 0 Å². The molecule has 0 bridgehead atoms. The summed E-state index contributed by atoms with van der Waals surface area (Å²) < 4.78 is 36.6. The Bertz CT molecular complexity index is 600. The van der Waals surface area contributed by atoms with E-state index >= 15 is 0 Å². The fraction of sp³-hybridized carbons (Fsp3) is 0.188. The molecule has 0 heterocycles. The molecule has 0 spiro atoms. The second kappa shape index (κ2) is 8.74.